The molecular weight excluding hydrogens is 424 g/mol. The summed E-state index contributed by atoms with van der Waals surface area (Å²) in [6.45, 7) is 0. The van der Waals surface area contributed by atoms with E-state index in [4.69, 9.17) is 0 Å². The summed E-state index contributed by atoms with van der Waals surface area (Å²) in [7, 11) is -6.63. The summed E-state index contributed by atoms with van der Waals surface area (Å²) in [5.41, 5.74) is -0.436. The first kappa shape index (κ1) is 22.2. The number of benzene rings is 2. The Hall–Kier alpha value is -3.12. The van der Waals surface area contributed by atoms with E-state index in [1.165, 1.54) is 48.5 Å². The van der Waals surface area contributed by atoms with Gasteiger partial charge in [-0.05, 0) is 24.3 Å². The fourth-order valence-corrected chi connectivity index (χ4v) is 5.45. The molecule has 0 aliphatic rings. The van der Waals surface area contributed by atoms with Crippen LogP contribution in [-0.2, 0) is 29.5 Å². The van der Waals surface area contributed by atoms with Crippen LogP contribution in [0.2, 0.25) is 0 Å². The van der Waals surface area contributed by atoms with Gasteiger partial charge in [-0.15, -0.1) is 0 Å². The van der Waals surface area contributed by atoms with Crippen LogP contribution in [0.3, 0.4) is 0 Å². The summed E-state index contributed by atoms with van der Waals surface area (Å²) in [6, 6.07) is 11.1. The van der Waals surface area contributed by atoms with Crippen molar-refractivity contribution in [3.63, 3.8) is 0 Å². The van der Waals surface area contributed by atoms with Gasteiger partial charge in [0.05, 0.1) is 36.7 Å². The molecule has 29 heavy (non-hydrogen) atoms. The first-order valence-corrected chi connectivity index (χ1v) is 11.2. The Morgan fingerprint density at radius 3 is 1.41 bits per heavy atom. The largest absolute Gasteiger partial charge is 0.465 e. The minimum absolute atomic E-state index is 0.0834. The Balaban J connectivity index is 2.25. The van der Waals surface area contributed by atoms with E-state index in [-0.39, 0.29) is 22.5 Å². The van der Waals surface area contributed by atoms with Gasteiger partial charge in [-0.3, -0.25) is 9.44 Å². The second-order valence-corrected chi connectivity index (χ2v) is 9.44. The average Bonchev–Trinajstić information content (AvgIpc) is 2.66. The number of carbonyl (C=O) groups is 2. The third-order valence-electron chi connectivity index (χ3n) is 3.51. The van der Waals surface area contributed by atoms with Crippen LogP contribution in [0.15, 0.2) is 48.5 Å². The normalized spacial score (nSPS) is 11.4. The molecule has 0 saturated heterocycles. The van der Waals surface area contributed by atoms with Crippen molar-refractivity contribution in [2.75, 3.05) is 28.7 Å². The van der Waals surface area contributed by atoms with E-state index in [0.29, 0.717) is 0 Å². The van der Waals surface area contributed by atoms with Gasteiger partial charge in [0.1, 0.15) is 0 Å². The van der Waals surface area contributed by atoms with Gasteiger partial charge < -0.3 is 9.47 Å². The van der Waals surface area contributed by atoms with E-state index in [2.05, 4.69) is 18.9 Å². The lowest BCUT2D eigenvalue weighted by molar-refractivity contribution is 0.0593. The number of ether oxygens (including phenoxy) is 2. The third kappa shape index (κ3) is 5.93. The van der Waals surface area contributed by atoms with Gasteiger partial charge >= 0.3 is 11.9 Å². The molecular formula is C17H18N2O8S2. The Kier molecular flexibility index (Phi) is 6.82. The maximum Gasteiger partial charge on any atom is 0.339 e. The molecule has 0 heterocycles. The Morgan fingerprint density at radius 1 is 0.724 bits per heavy atom. The minimum Gasteiger partial charge on any atom is -0.465 e. The molecule has 2 aromatic rings. The summed E-state index contributed by atoms with van der Waals surface area (Å²) in [5.74, 6) is -1.59. The fourth-order valence-electron chi connectivity index (χ4n) is 2.32. The standard InChI is InChI=1S/C17H18N2O8S2/c1-26-16(20)12-7-3-5-9-14(12)18-28(22,23)11-29(24,25)19-15-10-6-4-8-13(15)17(21)27-2/h3-10,18-19H,11H2,1-2H3. The Morgan fingerprint density at radius 2 is 1.07 bits per heavy atom. The SMILES string of the molecule is COC(=O)c1ccccc1NS(=O)(=O)CS(=O)(=O)Nc1ccccc1C(=O)OC. The highest BCUT2D eigenvalue weighted by atomic mass is 32.3. The van der Waals surface area contributed by atoms with Crippen molar-refractivity contribution in [2.24, 2.45) is 0 Å². The molecule has 0 aliphatic heterocycles. The third-order valence-corrected chi connectivity index (χ3v) is 7.05. The van der Waals surface area contributed by atoms with Crippen molar-refractivity contribution in [1.82, 2.24) is 0 Å². The van der Waals surface area contributed by atoms with Crippen molar-refractivity contribution in [2.45, 2.75) is 0 Å². The quantitative estimate of drug-likeness (QED) is 0.584. The summed E-state index contributed by atoms with van der Waals surface area (Å²) in [4.78, 5) is 23.5. The highest BCUT2D eigenvalue weighted by Gasteiger charge is 2.26. The van der Waals surface area contributed by atoms with Gasteiger partial charge in [-0.1, -0.05) is 24.3 Å². The van der Waals surface area contributed by atoms with Gasteiger partial charge in [0.15, 0.2) is 5.08 Å². The number of esters is 2. The van der Waals surface area contributed by atoms with Crippen molar-refractivity contribution < 1.29 is 35.9 Å². The highest BCUT2D eigenvalue weighted by Crippen LogP contribution is 2.20. The lowest BCUT2D eigenvalue weighted by Crippen LogP contribution is -2.28. The van der Waals surface area contributed by atoms with E-state index < -0.39 is 37.1 Å². The number of sulfonamides is 2. The Labute approximate surface area is 167 Å². The summed E-state index contributed by atoms with van der Waals surface area (Å²) in [6.07, 6.45) is 0. The number of methoxy groups -OCH3 is 2. The number of hydrogen-bond acceptors (Lipinski definition) is 8. The minimum atomic E-state index is -4.44. The zero-order chi connectivity index (χ0) is 21.7. The first-order valence-electron chi connectivity index (χ1n) is 7.94. The summed E-state index contributed by atoms with van der Waals surface area (Å²) in [5, 5.41) is -1.36. The molecule has 0 bridgehead atoms. The van der Waals surface area contributed by atoms with Gasteiger partial charge in [-0.2, -0.15) is 0 Å². The summed E-state index contributed by atoms with van der Waals surface area (Å²) >= 11 is 0. The smallest absolute Gasteiger partial charge is 0.339 e. The van der Waals surface area contributed by atoms with E-state index in [9.17, 15) is 26.4 Å². The number of rotatable bonds is 8. The van der Waals surface area contributed by atoms with Crippen LogP contribution in [-0.4, -0.2) is 48.1 Å². The maximum atomic E-state index is 12.4. The van der Waals surface area contributed by atoms with E-state index in [1.54, 1.807) is 0 Å². The predicted octanol–water partition coefficient (Wildman–Crippen LogP) is 1.40. The molecule has 0 amide bonds. The lowest BCUT2D eigenvalue weighted by Gasteiger charge is -2.14. The lowest BCUT2D eigenvalue weighted by atomic mass is 10.2. The second-order valence-electron chi connectivity index (χ2n) is 5.63. The zero-order valence-corrected chi connectivity index (χ0v) is 17.0. The molecule has 0 unspecified atom stereocenters. The van der Waals surface area contributed by atoms with Crippen molar-refractivity contribution in [3.8, 4) is 0 Å². The topological polar surface area (TPSA) is 145 Å². The van der Waals surface area contributed by atoms with Crippen LogP contribution in [0.5, 0.6) is 0 Å². The van der Waals surface area contributed by atoms with Crippen LogP contribution in [0.4, 0.5) is 11.4 Å². The molecule has 156 valence electrons. The van der Waals surface area contributed by atoms with Crippen molar-refractivity contribution in [3.05, 3.63) is 59.7 Å². The molecule has 10 nitrogen and oxygen atoms in total. The van der Waals surface area contributed by atoms with Crippen LogP contribution in [0.25, 0.3) is 0 Å². The van der Waals surface area contributed by atoms with Crippen LogP contribution >= 0.6 is 0 Å². The number of nitrogens with one attached hydrogen (secondary N) is 2. The molecule has 0 spiro atoms. The first-order chi connectivity index (χ1) is 13.6. The van der Waals surface area contributed by atoms with Gasteiger partial charge in [0, 0.05) is 0 Å². The van der Waals surface area contributed by atoms with Crippen LogP contribution in [0, 0.1) is 0 Å². The van der Waals surface area contributed by atoms with E-state index >= 15 is 0 Å². The van der Waals surface area contributed by atoms with Gasteiger partial charge in [0.2, 0.25) is 20.0 Å². The number of anilines is 2. The molecule has 0 aliphatic carbocycles. The molecule has 2 rings (SSSR count). The van der Waals surface area contributed by atoms with Crippen molar-refractivity contribution in [1.29, 1.82) is 0 Å². The molecule has 0 radical (unpaired) electrons. The van der Waals surface area contributed by atoms with Gasteiger partial charge in [0.25, 0.3) is 0 Å². The average molecular weight is 442 g/mol. The van der Waals surface area contributed by atoms with E-state index in [0.717, 1.165) is 14.2 Å². The predicted molar refractivity (Wildman–Crippen MR) is 106 cm³/mol. The molecule has 2 N–H and O–H groups in total. The van der Waals surface area contributed by atoms with E-state index in [1.807, 2.05) is 0 Å². The maximum absolute atomic E-state index is 12.4. The van der Waals surface area contributed by atoms with Gasteiger partial charge in [-0.25, -0.2) is 26.4 Å². The molecule has 0 fully saturated rings. The Bertz CT molecular complexity index is 1040. The molecule has 12 heteroatoms. The van der Waals surface area contributed by atoms with Crippen LogP contribution in [0.1, 0.15) is 20.7 Å². The molecule has 2 aromatic carbocycles. The van der Waals surface area contributed by atoms with Crippen LogP contribution < -0.4 is 9.44 Å². The van der Waals surface area contributed by atoms with Crippen molar-refractivity contribution >= 4 is 43.4 Å². The zero-order valence-electron chi connectivity index (χ0n) is 15.4. The molecule has 0 atom stereocenters. The molecule has 0 saturated carbocycles. The highest BCUT2D eigenvalue weighted by molar-refractivity contribution is 8.09. The second kappa shape index (κ2) is 8.92. The monoisotopic (exact) mass is 442 g/mol. The number of para-hydroxylation sites is 2. The number of carbonyl (C=O) groups excluding carboxylic acids is 2. The fraction of sp³-hybridized carbons (Fsp3) is 0.176. The summed E-state index contributed by atoms with van der Waals surface area (Å²) < 4.78 is 62.7. The molecule has 0 aromatic heterocycles. The number of hydrogen-bond donors (Lipinski definition) is 2.